The summed E-state index contributed by atoms with van der Waals surface area (Å²) in [5.41, 5.74) is 5.23. The van der Waals surface area contributed by atoms with E-state index in [0.29, 0.717) is 12.4 Å². The molecule has 2 N–H and O–H groups in total. The molecule has 3 nitrogen and oxygen atoms in total. The van der Waals surface area contributed by atoms with Crippen LogP contribution in [0.15, 0.2) is 24.5 Å². The van der Waals surface area contributed by atoms with Crippen molar-refractivity contribution >= 4 is 30.9 Å². The van der Waals surface area contributed by atoms with Crippen molar-refractivity contribution in [2.45, 2.75) is 0 Å². The summed E-state index contributed by atoms with van der Waals surface area (Å²) in [5, 5.41) is 0. The summed E-state index contributed by atoms with van der Waals surface area (Å²) in [5.74, 6) is 0.702. The van der Waals surface area contributed by atoms with Crippen LogP contribution in [0.1, 0.15) is 5.82 Å². The third-order valence-electron chi connectivity index (χ3n) is 0.989. The van der Waals surface area contributed by atoms with E-state index in [4.69, 9.17) is 5.73 Å². The molecule has 0 radical (unpaired) electrons. The van der Waals surface area contributed by atoms with Crippen molar-refractivity contribution in [3.8, 4) is 0 Å². The van der Waals surface area contributed by atoms with E-state index in [0.717, 1.165) is 0 Å². The van der Waals surface area contributed by atoms with E-state index < -0.39 is 0 Å². The second kappa shape index (κ2) is 8.46. The first-order valence-corrected chi connectivity index (χ1v) is 3.07. The smallest absolute Gasteiger partial charge is 0.151 e. The van der Waals surface area contributed by atoms with E-state index in [1.165, 1.54) is 0 Å². The maximum atomic E-state index is 5.23. The second-order valence-electron chi connectivity index (χ2n) is 1.75. The van der Waals surface area contributed by atoms with Crippen LogP contribution in [0.5, 0.6) is 0 Å². The largest absolute Gasteiger partial charge is 0.327 e. The molecule has 0 aliphatic rings. The van der Waals surface area contributed by atoms with Crippen molar-refractivity contribution in [1.82, 2.24) is 9.97 Å². The highest BCUT2D eigenvalue weighted by molar-refractivity contribution is 5.85. The van der Waals surface area contributed by atoms with Gasteiger partial charge in [0.15, 0.2) is 5.82 Å². The normalized spacial score (nSPS) is 8.75. The molecule has 1 heterocycles. The summed E-state index contributed by atoms with van der Waals surface area (Å²) < 4.78 is 0. The molecule has 0 aliphatic heterocycles. The average Bonchev–Trinajstić information content (AvgIpc) is 2.03. The minimum Gasteiger partial charge on any atom is -0.327 e. The lowest BCUT2D eigenvalue weighted by Crippen LogP contribution is -1.93. The molecule has 0 saturated heterocycles. The predicted octanol–water partition coefficient (Wildman–Crippen LogP) is 1.29. The van der Waals surface area contributed by atoms with Crippen LogP contribution < -0.4 is 5.73 Å². The topological polar surface area (TPSA) is 51.8 Å². The highest BCUT2D eigenvalue weighted by atomic mass is 35.5. The molecule has 5 heteroatoms. The molecule has 1 aromatic rings. The molecule has 68 valence electrons. The van der Waals surface area contributed by atoms with E-state index in [1.807, 2.05) is 6.08 Å². The molecule has 0 bridgehead atoms. The number of nitrogens with zero attached hydrogens (tertiary/aromatic N) is 2. The SMILES string of the molecule is Cl.Cl.NC/C=C/c1ncccn1. The van der Waals surface area contributed by atoms with Gasteiger partial charge in [0, 0.05) is 18.9 Å². The monoisotopic (exact) mass is 207 g/mol. The summed E-state index contributed by atoms with van der Waals surface area (Å²) in [6.07, 6.45) is 7.00. The van der Waals surface area contributed by atoms with E-state index >= 15 is 0 Å². The van der Waals surface area contributed by atoms with Gasteiger partial charge in [0.1, 0.15) is 0 Å². The minimum atomic E-state index is 0. The van der Waals surface area contributed by atoms with Crippen LogP contribution >= 0.6 is 24.8 Å². The molecule has 12 heavy (non-hydrogen) atoms. The maximum Gasteiger partial charge on any atom is 0.151 e. The Bertz CT molecular complexity index is 213. The first kappa shape index (κ1) is 13.9. The molecule has 0 atom stereocenters. The van der Waals surface area contributed by atoms with Gasteiger partial charge in [-0.05, 0) is 12.1 Å². The van der Waals surface area contributed by atoms with Crippen LogP contribution in [0, 0.1) is 0 Å². The van der Waals surface area contributed by atoms with Crippen LogP contribution in [0.4, 0.5) is 0 Å². The van der Waals surface area contributed by atoms with Crippen LogP contribution in [-0.4, -0.2) is 16.5 Å². The Balaban J connectivity index is 0. The Labute approximate surface area is 83.9 Å². The summed E-state index contributed by atoms with van der Waals surface area (Å²) in [4.78, 5) is 7.93. The highest BCUT2D eigenvalue weighted by Crippen LogP contribution is 1.88. The Morgan fingerprint density at radius 1 is 1.25 bits per heavy atom. The molecular weight excluding hydrogens is 197 g/mol. The van der Waals surface area contributed by atoms with Gasteiger partial charge in [-0.25, -0.2) is 9.97 Å². The number of halogens is 2. The van der Waals surface area contributed by atoms with Crippen LogP contribution in [0.25, 0.3) is 6.08 Å². The molecule has 0 fully saturated rings. The van der Waals surface area contributed by atoms with Gasteiger partial charge in [-0.15, -0.1) is 24.8 Å². The molecule has 0 unspecified atom stereocenters. The van der Waals surface area contributed by atoms with Crippen molar-refractivity contribution in [1.29, 1.82) is 0 Å². The van der Waals surface area contributed by atoms with Crippen molar-refractivity contribution in [3.63, 3.8) is 0 Å². The zero-order valence-corrected chi connectivity index (χ0v) is 8.02. The third kappa shape index (κ3) is 5.07. The Kier molecular flexibility index (Phi) is 9.81. The average molecular weight is 208 g/mol. The molecule has 0 amide bonds. The summed E-state index contributed by atoms with van der Waals surface area (Å²) >= 11 is 0. The summed E-state index contributed by atoms with van der Waals surface area (Å²) in [6.45, 7) is 0.526. The molecule has 1 rings (SSSR count). The molecular formula is C7H11Cl2N3. The molecule has 1 aromatic heterocycles. The molecule has 0 aliphatic carbocycles. The van der Waals surface area contributed by atoms with Crippen LogP contribution in [-0.2, 0) is 0 Å². The van der Waals surface area contributed by atoms with Gasteiger partial charge in [0.25, 0.3) is 0 Å². The lowest BCUT2D eigenvalue weighted by molar-refractivity contribution is 1.13. The maximum absolute atomic E-state index is 5.23. The predicted molar refractivity (Wildman–Crippen MR) is 54.6 cm³/mol. The van der Waals surface area contributed by atoms with E-state index in [-0.39, 0.29) is 24.8 Å². The number of hydrogen-bond donors (Lipinski definition) is 1. The quantitative estimate of drug-likeness (QED) is 0.796. The lowest BCUT2D eigenvalue weighted by Gasteiger charge is -1.86. The van der Waals surface area contributed by atoms with E-state index in [9.17, 15) is 0 Å². The second-order valence-corrected chi connectivity index (χ2v) is 1.75. The lowest BCUT2D eigenvalue weighted by atomic mass is 10.4. The fraction of sp³-hybridized carbons (Fsp3) is 0.143. The Morgan fingerprint density at radius 2 is 1.83 bits per heavy atom. The fourth-order valence-electron chi connectivity index (χ4n) is 0.570. The standard InChI is InChI=1S/C7H9N3.2ClH/c8-4-1-3-7-9-5-2-6-10-7;;/h1-3,5-6H,4,8H2;2*1H/b3-1+;;. The number of hydrogen-bond acceptors (Lipinski definition) is 3. The van der Waals surface area contributed by atoms with E-state index in [1.54, 1.807) is 24.5 Å². The third-order valence-corrected chi connectivity index (χ3v) is 0.989. The zero-order chi connectivity index (χ0) is 7.23. The van der Waals surface area contributed by atoms with Gasteiger partial charge in [-0.1, -0.05) is 6.08 Å². The molecule has 0 aromatic carbocycles. The molecule has 0 spiro atoms. The minimum absolute atomic E-state index is 0. The highest BCUT2D eigenvalue weighted by Gasteiger charge is 1.82. The van der Waals surface area contributed by atoms with Gasteiger partial charge >= 0.3 is 0 Å². The van der Waals surface area contributed by atoms with Crippen molar-refractivity contribution in [3.05, 3.63) is 30.4 Å². The van der Waals surface area contributed by atoms with Gasteiger partial charge < -0.3 is 5.73 Å². The van der Waals surface area contributed by atoms with Crippen LogP contribution in [0.2, 0.25) is 0 Å². The van der Waals surface area contributed by atoms with Gasteiger partial charge in [0.05, 0.1) is 0 Å². The number of rotatable bonds is 2. The first-order chi connectivity index (χ1) is 4.93. The number of aromatic nitrogens is 2. The van der Waals surface area contributed by atoms with E-state index in [2.05, 4.69) is 9.97 Å². The molecule has 0 saturated carbocycles. The van der Waals surface area contributed by atoms with Crippen LogP contribution in [0.3, 0.4) is 0 Å². The first-order valence-electron chi connectivity index (χ1n) is 3.07. The number of nitrogens with two attached hydrogens (primary N) is 1. The Morgan fingerprint density at radius 3 is 2.33 bits per heavy atom. The Hall–Kier alpha value is -0.640. The van der Waals surface area contributed by atoms with Gasteiger partial charge in [-0.2, -0.15) is 0 Å². The summed E-state index contributed by atoms with van der Waals surface area (Å²) in [6, 6.07) is 1.78. The van der Waals surface area contributed by atoms with Gasteiger partial charge in [0.2, 0.25) is 0 Å². The van der Waals surface area contributed by atoms with Gasteiger partial charge in [-0.3, -0.25) is 0 Å². The summed E-state index contributed by atoms with van der Waals surface area (Å²) in [7, 11) is 0. The zero-order valence-electron chi connectivity index (χ0n) is 6.38. The van der Waals surface area contributed by atoms with Crippen molar-refractivity contribution in [2.75, 3.05) is 6.54 Å². The fourth-order valence-corrected chi connectivity index (χ4v) is 0.570. The van der Waals surface area contributed by atoms with Crippen molar-refractivity contribution in [2.24, 2.45) is 5.73 Å². The van der Waals surface area contributed by atoms with Crippen molar-refractivity contribution < 1.29 is 0 Å².